The third-order valence-electron chi connectivity index (χ3n) is 4.78. The molecule has 2 aromatic heterocycles. The van der Waals surface area contributed by atoms with Gasteiger partial charge in [0.05, 0.1) is 11.9 Å². The zero-order chi connectivity index (χ0) is 17.0. The summed E-state index contributed by atoms with van der Waals surface area (Å²) in [6, 6.07) is 8.66. The predicted molar refractivity (Wildman–Crippen MR) is 107 cm³/mol. The number of benzene rings is 1. The first-order chi connectivity index (χ1) is 12.2. The van der Waals surface area contributed by atoms with Gasteiger partial charge < -0.3 is 0 Å². The molecule has 0 amide bonds. The summed E-state index contributed by atoms with van der Waals surface area (Å²) in [6.07, 6.45) is 9.49. The SMILES string of the molecule is Brc1cn2c(-c3ccc(C4=CN=C(C5CC5)C4)cc3)cnc2c(Br)n1. The number of aliphatic imine (C=N–C) groups is 1. The molecule has 0 bridgehead atoms. The minimum Gasteiger partial charge on any atom is -0.295 e. The number of nitrogens with zero attached hydrogens (tertiary/aromatic N) is 4. The van der Waals surface area contributed by atoms with Crippen molar-refractivity contribution in [2.24, 2.45) is 10.9 Å². The zero-order valence-corrected chi connectivity index (χ0v) is 16.5. The van der Waals surface area contributed by atoms with Crippen molar-refractivity contribution in [3.8, 4) is 11.3 Å². The van der Waals surface area contributed by atoms with Crippen molar-refractivity contribution in [1.82, 2.24) is 14.4 Å². The number of imidazole rings is 1. The fraction of sp³-hybridized carbons (Fsp3) is 0.211. The molecule has 0 spiro atoms. The highest BCUT2D eigenvalue weighted by Gasteiger charge is 2.29. The Morgan fingerprint density at radius 1 is 1.04 bits per heavy atom. The van der Waals surface area contributed by atoms with E-state index < -0.39 is 0 Å². The summed E-state index contributed by atoms with van der Waals surface area (Å²) in [5.41, 5.74) is 6.91. The lowest BCUT2D eigenvalue weighted by Crippen LogP contribution is -1.97. The fourth-order valence-electron chi connectivity index (χ4n) is 3.28. The molecule has 1 aliphatic carbocycles. The highest BCUT2D eigenvalue weighted by atomic mass is 79.9. The summed E-state index contributed by atoms with van der Waals surface area (Å²) in [7, 11) is 0. The first-order valence-electron chi connectivity index (χ1n) is 8.24. The summed E-state index contributed by atoms with van der Waals surface area (Å²) < 4.78 is 3.54. The monoisotopic (exact) mass is 456 g/mol. The molecule has 5 rings (SSSR count). The summed E-state index contributed by atoms with van der Waals surface area (Å²) >= 11 is 6.91. The quantitative estimate of drug-likeness (QED) is 0.519. The Morgan fingerprint density at radius 2 is 1.80 bits per heavy atom. The average Bonchev–Trinajstić information content (AvgIpc) is 3.18. The van der Waals surface area contributed by atoms with E-state index in [4.69, 9.17) is 0 Å². The normalized spacial score (nSPS) is 17.0. The van der Waals surface area contributed by atoms with Crippen LogP contribution in [0.5, 0.6) is 0 Å². The van der Waals surface area contributed by atoms with Crippen molar-refractivity contribution in [1.29, 1.82) is 0 Å². The Hall–Kier alpha value is -1.79. The molecule has 0 radical (unpaired) electrons. The van der Waals surface area contributed by atoms with Crippen molar-refractivity contribution in [3.05, 3.63) is 57.6 Å². The molecule has 0 unspecified atom stereocenters. The molecule has 25 heavy (non-hydrogen) atoms. The maximum absolute atomic E-state index is 4.61. The van der Waals surface area contributed by atoms with Crippen LogP contribution >= 0.6 is 31.9 Å². The van der Waals surface area contributed by atoms with E-state index in [1.807, 2.05) is 23.0 Å². The van der Waals surface area contributed by atoms with Crippen LogP contribution in [0.2, 0.25) is 0 Å². The Labute approximate surface area is 162 Å². The molecule has 124 valence electrons. The van der Waals surface area contributed by atoms with E-state index in [-0.39, 0.29) is 0 Å². The number of allylic oxidation sites excluding steroid dienone is 1. The van der Waals surface area contributed by atoms with Crippen molar-refractivity contribution in [2.75, 3.05) is 0 Å². The molecule has 3 aromatic rings. The average molecular weight is 458 g/mol. The van der Waals surface area contributed by atoms with Gasteiger partial charge in [-0.25, -0.2) is 9.97 Å². The first-order valence-corrected chi connectivity index (χ1v) is 9.83. The molecule has 4 nitrogen and oxygen atoms in total. The van der Waals surface area contributed by atoms with E-state index in [2.05, 4.69) is 71.1 Å². The van der Waals surface area contributed by atoms with Crippen molar-refractivity contribution in [2.45, 2.75) is 19.3 Å². The second-order valence-corrected chi connectivity index (χ2v) is 8.06. The van der Waals surface area contributed by atoms with Gasteiger partial charge in [0.15, 0.2) is 10.3 Å². The Balaban J connectivity index is 1.46. The maximum atomic E-state index is 4.61. The summed E-state index contributed by atoms with van der Waals surface area (Å²) in [5.74, 6) is 0.747. The van der Waals surface area contributed by atoms with Gasteiger partial charge in [-0.3, -0.25) is 9.39 Å². The van der Waals surface area contributed by atoms with Crippen LogP contribution in [-0.2, 0) is 0 Å². The van der Waals surface area contributed by atoms with Crippen LogP contribution in [-0.4, -0.2) is 20.1 Å². The van der Waals surface area contributed by atoms with Gasteiger partial charge in [-0.15, -0.1) is 0 Å². The van der Waals surface area contributed by atoms with Crippen LogP contribution in [0.4, 0.5) is 0 Å². The topological polar surface area (TPSA) is 42.5 Å². The highest BCUT2D eigenvalue weighted by molar-refractivity contribution is 9.11. The van der Waals surface area contributed by atoms with E-state index >= 15 is 0 Å². The van der Waals surface area contributed by atoms with Gasteiger partial charge >= 0.3 is 0 Å². The van der Waals surface area contributed by atoms with Gasteiger partial charge in [0.2, 0.25) is 0 Å². The van der Waals surface area contributed by atoms with Gasteiger partial charge in [0.1, 0.15) is 4.60 Å². The standard InChI is InChI=1S/C19H14Br2N4/c20-17-10-25-16(9-23-19(25)18(21)24-17)13-5-1-11(2-6-13)14-7-15(22-8-14)12-3-4-12/h1-2,5-6,8-10,12H,3-4,7H2. The smallest absolute Gasteiger partial charge is 0.170 e. The van der Waals surface area contributed by atoms with Crippen LogP contribution in [0.3, 0.4) is 0 Å². The third kappa shape index (κ3) is 2.77. The number of hydrogen-bond acceptors (Lipinski definition) is 3. The minimum absolute atomic E-state index is 0.727. The fourth-order valence-corrected chi connectivity index (χ4v) is 4.39. The summed E-state index contributed by atoms with van der Waals surface area (Å²) in [6.45, 7) is 0. The largest absolute Gasteiger partial charge is 0.295 e. The molecule has 3 heterocycles. The number of hydrogen-bond donors (Lipinski definition) is 0. The zero-order valence-electron chi connectivity index (χ0n) is 13.3. The molecular weight excluding hydrogens is 444 g/mol. The maximum Gasteiger partial charge on any atom is 0.170 e. The summed E-state index contributed by atoms with van der Waals surface area (Å²) in [4.78, 5) is 13.4. The third-order valence-corrected chi connectivity index (χ3v) is 5.69. The number of fused-ring (bicyclic) bond motifs is 1. The van der Waals surface area contributed by atoms with Gasteiger partial charge in [-0.05, 0) is 61.8 Å². The van der Waals surface area contributed by atoms with E-state index in [0.29, 0.717) is 0 Å². The lowest BCUT2D eigenvalue weighted by molar-refractivity contribution is 1.08. The molecule has 6 heteroatoms. The molecule has 1 saturated carbocycles. The van der Waals surface area contributed by atoms with E-state index in [0.717, 1.165) is 38.4 Å². The van der Waals surface area contributed by atoms with E-state index in [1.165, 1.54) is 29.7 Å². The van der Waals surface area contributed by atoms with Crippen LogP contribution in [0.25, 0.3) is 22.5 Å². The Bertz CT molecular complexity index is 1040. The summed E-state index contributed by atoms with van der Waals surface area (Å²) in [5, 5.41) is 0. The predicted octanol–water partition coefficient (Wildman–Crippen LogP) is 5.52. The molecule has 1 fully saturated rings. The first kappa shape index (κ1) is 15.5. The number of rotatable bonds is 3. The lowest BCUT2D eigenvalue weighted by Gasteiger charge is -2.06. The molecule has 1 aliphatic heterocycles. The Morgan fingerprint density at radius 3 is 2.56 bits per heavy atom. The van der Waals surface area contributed by atoms with Crippen LogP contribution in [0, 0.1) is 5.92 Å². The van der Waals surface area contributed by atoms with Gasteiger partial charge in [0.25, 0.3) is 0 Å². The van der Waals surface area contributed by atoms with Gasteiger partial charge in [0, 0.05) is 30.1 Å². The molecular formula is C19H14Br2N4. The van der Waals surface area contributed by atoms with E-state index in [9.17, 15) is 0 Å². The van der Waals surface area contributed by atoms with Crippen LogP contribution in [0.1, 0.15) is 24.8 Å². The molecule has 2 aliphatic rings. The second-order valence-electron chi connectivity index (χ2n) is 6.49. The molecule has 1 aromatic carbocycles. The van der Waals surface area contributed by atoms with Crippen molar-refractivity contribution in [3.63, 3.8) is 0 Å². The van der Waals surface area contributed by atoms with Gasteiger partial charge in [-0.2, -0.15) is 0 Å². The molecule has 0 saturated heterocycles. The highest BCUT2D eigenvalue weighted by Crippen LogP contribution is 2.37. The van der Waals surface area contributed by atoms with Crippen molar-refractivity contribution < 1.29 is 0 Å². The van der Waals surface area contributed by atoms with Crippen LogP contribution in [0.15, 0.2) is 57.1 Å². The Kier molecular flexibility index (Phi) is 3.64. The minimum atomic E-state index is 0.727. The second kappa shape index (κ2) is 5.88. The van der Waals surface area contributed by atoms with E-state index in [1.54, 1.807) is 0 Å². The lowest BCUT2D eigenvalue weighted by atomic mass is 9.99. The molecule has 0 N–H and O–H groups in total. The van der Waals surface area contributed by atoms with Crippen LogP contribution < -0.4 is 0 Å². The van der Waals surface area contributed by atoms with Crippen molar-refractivity contribution >= 4 is 48.8 Å². The molecule has 0 atom stereocenters. The van der Waals surface area contributed by atoms with Gasteiger partial charge in [-0.1, -0.05) is 24.3 Å². The number of halogens is 2. The number of aromatic nitrogens is 3.